The molecule has 74 valence electrons. The molecule has 1 aromatic carbocycles. The maximum atomic E-state index is 11.2. The highest BCUT2D eigenvalue weighted by Gasteiger charge is 2.29. The largest absolute Gasteiger partial charge is 0.590 e. The van der Waals surface area contributed by atoms with Crippen LogP contribution in [0.1, 0.15) is 12.5 Å². The Morgan fingerprint density at radius 3 is 2.57 bits per heavy atom. The number of hydrogen-bond acceptors (Lipinski definition) is 3. The first-order chi connectivity index (χ1) is 6.59. The Hall–Kier alpha value is -1.24. The van der Waals surface area contributed by atoms with E-state index in [0.29, 0.717) is 11.4 Å². The predicted octanol–water partition coefficient (Wildman–Crippen LogP) is -0.392. The van der Waals surface area contributed by atoms with Crippen molar-refractivity contribution >= 4 is 16.9 Å². The summed E-state index contributed by atoms with van der Waals surface area (Å²) < 4.78 is 0. The topological polar surface area (TPSA) is 64.2 Å². The molecule has 0 spiro atoms. The predicted molar refractivity (Wildman–Crippen MR) is 50.2 cm³/mol. The van der Waals surface area contributed by atoms with Crippen molar-refractivity contribution in [2.24, 2.45) is 0 Å². The number of hydrogen-bond donors (Lipinski definition) is 2. The molecule has 1 aromatic rings. The molecule has 2 atom stereocenters. The highest BCUT2D eigenvalue weighted by atomic mass is 17.1. The van der Waals surface area contributed by atoms with Gasteiger partial charge in [0.1, 0.15) is 0 Å². The summed E-state index contributed by atoms with van der Waals surface area (Å²) in [6.45, 7) is 5.60. The zero-order valence-electron chi connectivity index (χ0n) is 7.66. The van der Waals surface area contributed by atoms with Gasteiger partial charge in [-0.2, -0.15) is 0 Å². The Kier molecular flexibility index (Phi) is 2.10. The second-order valence-corrected chi connectivity index (χ2v) is 3.22. The van der Waals surface area contributed by atoms with Crippen LogP contribution in [0.4, 0.5) is 11.4 Å². The molecule has 0 aliphatic carbocycles. The first kappa shape index (κ1) is 9.32. The lowest BCUT2D eigenvalue weighted by atomic mass is 10.1. The minimum absolute atomic E-state index is 0.329. The second-order valence-electron chi connectivity index (χ2n) is 3.22. The summed E-state index contributed by atoms with van der Waals surface area (Å²) in [5.74, 6) is 0. The molecule has 5 heteroatoms. The van der Waals surface area contributed by atoms with Crippen LogP contribution >= 0.6 is 0 Å². The van der Waals surface area contributed by atoms with E-state index in [9.17, 15) is 10.4 Å². The van der Waals surface area contributed by atoms with Gasteiger partial charge in [0.15, 0.2) is 0 Å². The van der Waals surface area contributed by atoms with Crippen LogP contribution in [-0.2, 0) is 4.94 Å². The summed E-state index contributed by atoms with van der Waals surface area (Å²) >= 11 is 0. The average molecular weight is 194 g/mol. The fourth-order valence-corrected chi connectivity index (χ4v) is 1.35. The SMILES string of the molecule is C=C(C)c1ccc2c(c1)[NH+]([O-])O[NH+]2[O-]. The van der Waals surface area contributed by atoms with E-state index in [-0.39, 0.29) is 0 Å². The first-order valence-corrected chi connectivity index (χ1v) is 4.16. The molecule has 0 amide bonds. The molecule has 0 bridgehead atoms. The van der Waals surface area contributed by atoms with Gasteiger partial charge in [0, 0.05) is 17.1 Å². The molecule has 2 N–H and O–H groups in total. The first-order valence-electron chi connectivity index (χ1n) is 4.16. The lowest BCUT2D eigenvalue weighted by Gasteiger charge is -2.10. The van der Waals surface area contributed by atoms with Crippen molar-refractivity contribution in [2.45, 2.75) is 6.92 Å². The van der Waals surface area contributed by atoms with Crippen LogP contribution in [-0.4, -0.2) is 0 Å². The van der Waals surface area contributed by atoms with Crippen molar-refractivity contribution in [3.05, 3.63) is 40.8 Å². The van der Waals surface area contributed by atoms with Gasteiger partial charge in [-0.25, -0.2) is 0 Å². The lowest BCUT2D eigenvalue weighted by Crippen LogP contribution is -3.15. The standard InChI is InChI=1S/C9H10N2O3/c1-6(2)7-3-4-8-9(5-7)11(13)14-10(8)12/h3-5,10-11H,1H2,2H3. The third-order valence-electron chi connectivity index (χ3n) is 2.14. The van der Waals surface area contributed by atoms with Gasteiger partial charge < -0.3 is 10.4 Å². The van der Waals surface area contributed by atoms with Gasteiger partial charge in [-0.05, 0) is 18.6 Å². The van der Waals surface area contributed by atoms with E-state index in [0.717, 1.165) is 11.1 Å². The number of benzene rings is 1. The quantitative estimate of drug-likeness (QED) is 0.598. The number of nitrogens with one attached hydrogen (secondary N) is 2. The van der Waals surface area contributed by atoms with Crippen molar-refractivity contribution < 1.29 is 15.4 Å². The Bertz CT molecular complexity index is 392. The molecule has 2 unspecified atom stereocenters. The van der Waals surface area contributed by atoms with Gasteiger partial charge in [-0.1, -0.05) is 12.2 Å². The number of fused-ring (bicyclic) bond motifs is 1. The third-order valence-corrected chi connectivity index (χ3v) is 2.14. The Labute approximate surface area is 80.9 Å². The molecule has 0 aromatic heterocycles. The highest BCUT2D eigenvalue weighted by molar-refractivity contribution is 5.67. The van der Waals surface area contributed by atoms with Gasteiger partial charge >= 0.3 is 0 Å². The van der Waals surface area contributed by atoms with Crippen LogP contribution in [0.2, 0.25) is 0 Å². The zero-order chi connectivity index (χ0) is 10.3. The van der Waals surface area contributed by atoms with Gasteiger partial charge in [0.05, 0.1) is 0 Å². The van der Waals surface area contributed by atoms with Crippen LogP contribution in [0.5, 0.6) is 0 Å². The van der Waals surface area contributed by atoms with Crippen LogP contribution < -0.4 is 10.5 Å². The summed E-state index contributed by atoms with van der Waals surface area (Å²) in [5, 5.41) is 21.1. The third kappa shape index (κ3) is 1.33. The van der Waals surface area contributed by atoms with Crippen molar-refractivity contribution in [2.75, 3.05) is 0 Å². The normalized spacial score (nSPS) is 24.8. The smallest absolute Gasteiger partial charge is 0.234 e. The molecule has 14 heavy (non-hydrogen) atoms. The molecule has 0 radical (unpaired) electrons. The fraction of sp³-hybridized carbons (Fsp3) is 0.111. The second kappa shape index (κ2) is 3.16. The summed E-state index contributed by atoms with van der Waals surface area (Å²) in [6.07, 6.45) is 0. The lowest BCUT2D eigenvalue weighted by molar-refractivity contribution is -1.24. The minimum atomic E-state index is -0.576. The average Bonchev–Trinajstić information content (AvgIpc) is 2.42. The molecule has 1 aliphatic rings. The van der Waals surface area contributed by atoms with E-state index < -0.39 is 10.5 Å². The molecule has 0 saturated carbocycles. The Balaban J connectivity index is 2.50. The van der Waals surface area contributed by atoms with Crippen molar-refractivity contribution in [1.82, 2.24) is 0 Å². The summed E-state index contributed by atoms with van der Waals surface area (Å²) in [4.78, 5) is 4.46. The van der Waals surface area contributed by atoms with Crippen LogP contribution in [0, 0.1) is 10.4 Å². The van der Waals surface area contributed by atoms with E-state index in [1.54, 1.807) is 18.2 Å². The van der Waals surface area contributed by atoms with E-state index in [1.165, 1.54) is 0 Å². The molecule has 0 saturated heterocycles. The van der Waals surface area contributed by atoms with Gasteiger partial charge in [0.25, 0.3) is 0 Å². The molecule has 2 rings (SSSR count). The van der Waals surface area contributed by atoms with Gasteiger partial charge in [-0.3, -0.25) is 0 Å². The summed E-state index contributed by atoms with van der Waals surface area (Å²) in [5.41, 5.74) is 2.35. The van der Waals surface area contributed by atoms with Gasteiger partial charge in [-0.15, -0.1) is 10.5 Å². The van der Waals surface area contributed by atoms with Gasteiger partial charge in [0.2, 0.25) is 11.4 Å². The van der Waals surface area contributed by atoms with E-state index in [1.807, 2.05) is 6.92 Å². The molecular formula is C9H10N2O3. The monoisotopic (exact) mass is 194 g/mol. The van der Waals surface area contributed by atoms with Crippen molar-refractivity contribution in [1.29, 1.82) is 0 Å². The molecule has 1 aliphatic heterocycles. The van der Waals surface area contributed by atoms with Crippen LogP contribution in [0.3, 0.4) is 0 Å². The number of quaternary nitrogens is 2. The van der Waals surface area contributed by atoms with E-state index >= 15 is 0 Å². The van der Waals surface area contributed by atoms with Crippen LogP contribution in [0.25, 0.3) is 5.57 Å². The molecule has 0 fully saturated rings. The highest BCUT2D eigenvalue weighted by Crippen LogP contribution is 2.21. The minimum Gasteiger partial charge on any atom is -0.590 e. The molecule has 5 nitrogen and oxygen atoms in total. The van der Waals surface area contributed by atoms with Crippen molar-refractivity contribution in [3.8, 4) is 0 Å². The van der Waals surface area contributed by atoms with Crippen LogP contribution in [0.15, 0.2) is 24.8 Å². The molecular weight excluding hydrogens is 184 g/mol. The number of rotatable bonds is 1. The Morgan fingerprint density at radius 2 is 1.93 bits per heavy atom. The fourth-order valence-electron chi connectivity index (χ4n) is 1.35. The Morgan fingerprint density at radius 1 is 1.29 bits per heavy atom. The van der Waals surface area contributed by atoms with E-state index in [2.05, 4.69) is 11.5 Å². The maximum Gasteiger partial charge on any atom is 0.234 e. The summed E-state index contributed by atoms with van der Waals surface area (Å²) in [7, 11) is 0. The zero-order valence-corrected chi connectivity index (χ0v) is 7.66. The number of allylic oxidation sites excluding steroid dienone is 1. The maximum absolute atomic E-state index is 11.2. The molecule has 1 heterocycles. The van der Waals surface area contributed by atoms with E-state index in [4.69, 9.17) is 0 Å². The van der Waals surface area contributed by atoms with Crippen molar-refractivity contribution in [3.63, 3.8) is 0 Å². The summed E-state index contributed by atoms with van der Waals surface area (Å²) in [6, 6.07) is 4.97.